The molecule has 2 rings (SSSR count). The number of hydrogen-bond donors (Lipinski definition) is 1. The summed E-state index contributed by atoms with van der Waals surface area (Å²) in [5, 5.41) is 10.2. The van der Waals surface area contributed by atoms with E-state index in [0.29, 0.717) is 11.4 Å². The van der Waals surface area contributed by atoms with Crippen molar-refractivity contribution in [2.24, 2.45) is 0 Å². The highest BCUT2D eigenvalue weighted by atomic mass is 35.5. The molecule has 1 heterocycles. The summed E-state index contributed by atoms with van der Waals surface area (Å²) in [4.78, 5) is 13.7. The van der Waals surface area contributed by atoms with Crippen molar-refractivity contribution in [3.8, 4) is 0 Å². The van der Waals surface area contributed by atoms with Gasteiger partial charge in [0.2, 0.25) is 0 Å². The number of carbonyl (C=O) groups is 1. The standard InChI is InChI=1S/C14H18ClNO2/c1-14(13(17)18,16-8-2-3-9-16)10-11-4-6-12(15)7-5-11/h4-7H,2-3,8-10H2,1H3,(H,17,18). The van der Waals surface area contributed by atoms with Crippen molar-refractivity contribution in [2.45, 2.75) is 31.7 Å². The Morgan fingerprint density at radius 3 is 2.39 bits per heavy atom. The number of carboxylic acid groups (broad SMARTS) is 1. The molecule has 3 nitrogen and oxygen atoms in total. The van der Waals surface area contributed by atoms with Crippen LogP contribution in [-0.4, -0.2) is 34.6 Å². The van der Waals surface area contributed by atoms with Crippen LogP contribution in [0, 0.1) is 0 Å². The summed E-state index contributed by atoms with van der Waals surface area (Å²) < 4.78 is 0. The van der Waals surface area contributed by atoms with Gasteiger partial charge in [0.15, 0.2) is 0 Å². The molecule has 0 saturated carbocycles. The second kappa shape index (κ2) is 5.29. The SMILES string of the molecule is CC(Cc1ccc(Cl)cc1)(C(=O)O)N1CCCC1. The summed E-state index contributed by atoms with van der Waals surface area (Å²) in [7, 11) is 0. The van der Waals surface area contributed by atoms with Crippen molar-refractivity contribution in [3.05, 3.63) is 34.9 Å². The first kappa shape index (κ1) is 13.4. The number of hydrogen-bond acceptors (Lipinski definition) is 2. The van der Waals surface area contributed by atoms with Crippen molar-refractivity contribution in [1.82, 2.24) is 4.90 Å². The van der Waals surface area contributed by atoms with E-state index < -0.39 is 11.5 Å². The third-order valence-corrected chi connectivity index (χ3v) is 3.98. The summed E-state index contributed by atoms with van der Waals surface area (Å²) in [5.41, 5.74) is 0.195. The number of benzene rings is 1. The van der Waals surface area contributed by atoms with Crippen molar-refractivity contribution >= 4 is 17.6 Å². The molecular weight excluding hydrogens is 250 g/mol. The molecule has 4 heteroatoms. The Hall–Kier alpha value is -1.06. The molecule has 1 saturated heterocycles. The van der Waals surface area contributed by atoms with Crippen LogP contribution in [0.15, 0.2) is 24.3 Å². The van der Waals surface area contributed by atoms with Gasteiger partial charge >= 0.3 is 5.97 Å². The average Bonchev–Trinajstić information content (AvgIpc) is 2.86. The molecule has 1 N–H and O–H groups in total. The van der Waals surface area contributed by atoms with E-state index in [4.69, 9.17) is 11.6 Å². The lowest BCUT2D eigenvalue weighted by molar-refractivity contribution is -0.149. The fraction of sp³-hybridized carbons (Fsp3) is 0.500. The predicted octanol–water partition coefficient (Wildman–Crippen LogP) is 2.82. The second-order valence-electron chi connectivity index (χ2n) is 5.08. The minimum absolute atomic E-state index is 0.513. The van der Waals surface area contributed by atoms with Crippen LogP contribution in [0.25, 0.3) is 0 Å². The Labute approximate surface area is 112 Å². The van der Waals surface area contributed by atoms with Crippen LogP contribution < -0.4 is 0 Å². The van der Waals surface area contributed by atoms with Gasteiger partial charge in [-0.25, -0.2) is 0 Å². The largest absolute Gasteiger partial charge is 0.480 e. The highest BCUT2D eigenvalue weighted by Crippen LogP contribution is 2.26. The fourth-order valence-electron chi connectivity index (χ4n) is 2.53. The van der Waals surface area contributed by atoms with Gasteiger partial charge in [0.25, 0.3) is 0 Å². The van der Waals surface area contributed by atoms with E-state index in [1.54, 1.807) is 0 Å². The molecule has 1 aliphatic rings. The van der Waals surface area contributed by atoms with Crippen molar-refractivity contribution in [2.75, 3.05) is 13.1 Å². The Morgan fingerprint density at radius 1 is 1.33 bits per heavy atom. The molecule has 98 valence electrons. The molecule has 1 unspecified atom stereocenters. The monoisotopic (exact) mass is 267 g/mol. The first-order valence-electron chi connectivity index (χ1n) is 6.25. The van der Waals surface area contributed by atoms with Crippen LogP contribution >= 0.6 is 11.6 Å². The fourth-order valence-corrected chi connectivity index (χ4v) is 2.66. The molecule has 1 aliphatic heterocycles. The molecule has 0 bridgehead atoms. The summed E-state index contributed by atoms with van der Waals surface area (Å²) in [6.07, 6.45) is 2.69. The summed E-state index contributed by atoms with van der Waals surface area (Å²) >= 11 is 5.85. The molecule has 1 aromatic rings. The van der Waals surface area contributed by atoms with E-state index >= 15 is 0 Å². The summed E-state index contributed by atoms with van der Waals surface area (Å²) in [5.74, 6) is -0.751. The lowest BCUT2D eigenvalue weighted by Crippen LogP contribution is -2.52. The van der Waals surface area contributed by atoms with Gasteiger partial charge < -0.3 is 5.11 Å². The Bertz CT molecular complexity index is 426. The van der Waals surface area contributed by atoms with Gasteiger partial charge in [-0.1, -0.05) is 23.7 Å². The molecule has 1 aromatic carbocycles. The smallest absolute Gasteiger partial charge is 0.324 e. The molecule has 18 heavy (non-hydrogen) atoms. The van der Waals surface area contributed by atoms with Gasteiger partial charge in [-0.15, -0.1) is 0 Å². The highest BCUT2D eigenvalue weighted by molar-refractivity contribution is 6.30. The van der Waals surface area contributed by atoms with E-state index in [1.165, 1.54) is 0 Å². The van der Waals surface area contributed by atoms with E-state index in [0.717, 1.165) is 31.5 Å². The maximum atomic E-state index is 11.6. The zero-order chi connectivity index (χ0) is 13.2. The molecule has 0 spiro atoms. The van der Waals surface area contributed by atoms with Crippen LogP contribution in [-0.2, 0) is 11.2 Å². The Morgan fingerprint density at radius 2 is 1.89 bits per heavy atom. The summed E-state index contributed by atoms with van der Waals surface area (Å²) in [6.45, 7) is 3.56. The molecule has 1 fully saturated rings. The van der Waals surface area contributed by atoms with Crippen LogP contribution in [0.5, 0.6) is 0 Å². The third kappa shape index (κ3) is 2.68. The predicted molar refractivity (Wildman–Crippen MR) is 72.0 cm³/mol. The minimum atomic E-state index is -0.815. The highest BCUT2D eigenvalue weighted by Gasteiger charge is 2.40. The second-order valence-corrected chi connectivity index (χ2v) is 5.51. The molecule has 0 aromatic heterocycles. The maximum Gasteiger partial charge on any atom is 0.324 e. The number of carboxylic acids is 1. The first-order valence-corrected chi connectivity index (χ1v) is 6.63. The Kier molecular flexibility index (Phi) is 3.93. The van der Waals surface area contributed by atoms with Gasteiger partial charge in [0.05, 0.1) is 0 Å². The van der Waals surface area contributed by atoms with Crippen LogP contribution in [0.3, 0.4) is 0 Å². The summed E-state index contributed by atoms with van der Waals surface area (Å²) in [6, 6.07) is 7.42. The lowest BCUT2D eigenvalue weighted by Gasteiger charge is -2.35. The zero-order valence-electron chi connectivity index (χ0n) is 10.5. The molecule has 0 amide bonds. The third-order valence-electron chi connectivity index (χ3n) is 3.73. The van der Waals surface area contributed by atoms with Gasteiger partial charge in [-0.05, 0) is 50.6 Å². The number of rotatable bonds is 4. The number of aliphatic carboxylic acids is 1. The topological polar surface area (TPSA) is 40.5 Å². The van der Waals surface area contributed by atoms with Crippen molar-refractivity contribution in [3.63, 3.8) is 0 Å². The minimum Gasteiger partial charge on any atom is -0.480 e. The van der Waals surface area contributed by atoms with Crippen LogP contribution in [0.1, 0.15) is 25.3 Å². The van der Waals surface area contributed by atoms with E-state index in [9.17, 15) is 9.90 Å². The normalized spacial score (nSPS) is 19.7. The average molecular weight is 268 g/mol. The quantitative estimate of drug-likeness (QED) is 0.912. The molecular formula is C14H18ClNO2. The number of halogens is 1. The van der Waals surface area contributed by atoms with Gasteiger partial charge in [-0.3, -0.25) is 9.69 Å². The number of likely N-dealkylation sites (tertiary alicyclic amines) is 1. The maximum absolute atomic E-state index is 11.6. The van der Waals surface area contributed by atoms with E-state index in [2.05, 4.69) is 4.90 Å². The van der Waals surface area contributed by atoms with Crippen molar-refractivity contribution in [1.29, 1.82) is 0 Å². The molecule has 0 radical (unpaired) electrons. The van der Waals surface area contributed by atoms with E-state index in [1.807, 2.05) is 31.2 Å². The lowest BCUT2D eigenvalue weighted by atomic mass is 9.91. The first-order chi connectivity index (χ1) is 8.52. The zero-order valence-corrected chi connectivity index (χ0v) is 11.3. The van der Waals surface area contributed by atoms with Gasteiger partial charge in [0.1, 0.15) is 5.54 Å². The van der Waals surface area contributed by atoms with E-state index in [-0.39, 0.29) is 0 Å². The molecule has 1 atom stereocenters. The van der Waals surface area contributed by atoms with Crippen molar-refractivity contribution < 1.29 is 9.90 Å². The number of nitrogens with zero attached hydrogens (tertiary/aromatic N) is 1. The Balaban J connectivity index is 2.20. The molecule has 0 aliphatic carbocycles. The van der Waals surface area contributed by atoms with Crippen LogP contribution in [0.2, 0.25) is 5.02 Å². The van der Waals surface area contributed by atoms with Gasteiger partial charge in [0, 0.05) is 11.4 Å². The van der Waals surface area contributed by atoms with Gasteiger partial charge in [-0.2, -0.15) is 0 Å². The van der Waals surface area contributed by atoms with Crippen LogP contribution in [0.4, 0.5) is 0 Å².